The molecule has 0 aliphatic rings. The number of nitrogens with one attached hydrogen (secondary N) is 2. The van der Waals surface area contributed by atoms with Gasteiger partial charge in [0.1, 0.15) is 0 Å². The van der Waals surface area contributed by atoms with Crippen molar-refractivity contribution in [2.75, 3.05) is 10.6 Å². The molecule has 7 nitrogen and oxygen atoms in total. The number of anilines is 3. The molecule has 1 amide bonds. The van der Waals surface area contributed by atoms with Crippen LogP contribution in [0, 0.1) is 20.8 Å². The van der Waals surface area contributed by atoms with E-state index < -0.39 is 0 Å². The van der Waals surface area contributed by atoms with Crippen molar-refractivity contribution >= 4 is 23.1 Å². The highest BCUT2D eigenvalue weighted by atomic mass is 16.1. The summed E-state index contributed by atoms with van der Waals surface area (Å²) in [5.41, 5.74) is 4.85. The lowest BCUT2D eigenvalue weighted by atomic mass is 10.2. The smallest absolute Gasteiger partial charge is 0.224 e. The molecule has 3 rings (SSSR count). The Kier molecular flexibility index (Phi) is 5.49. The van der Waals surface area contributed by atoms with Gasteiger partial charge in [-0.25, -0.2) is 4.68 Å². The molecule has 0 unspecified atom stereocenters. The number of hydrogen-bond donors (Lipinski definition) is 2. The molecule has 0 aliphatic heterocycles. The van der Waals surface area contributed by atoms with Crippen molar-refractivity contribution in [2.45, 2.75) is 40.5 Å². The van der Waals surface area contributed by atoms with Gasteiger partial charge >= 0.3 is 0 Å². The van der Waals surface area contributed by atoms with Crippen molar-refractivity contribution in [3.05, 3.63) is 53.3 Å². The van der Waals surface area contributed by atoms with Gasteiger partial charge in [0.05, 0.1) is 5.69 Å². The predicted octanol–water partition coefficient (Wildman–Crippen LogP) is 4.07. The number of nitrogens with zero attached hydrogens (tertiary/aromatic N) is 4. The lowest BCUT2D eigenvalue weighted by Gasteiger charge is -2.08. The molecular weight excluding hydrogens is 340 g/mol. The normalized spacial score (nSPS) is 10.7. The van der Waals surface area contributed by atoms with Crippen LogP contribution in [0.4, 0.5) is 17.2 Å². The van der Waals surface area contributed by atoms with Gasteiger partial charge in [-0.05, 0) is 69.2 Å². The summed E-state index contributed by atoms with van der Waals surface area (Å²) in [4.78, 5) is 11.6. The molecule has 0 bridgehead atoms. The zero-order chi connectivity index (χ0) is 19.4. The van der Waals surface area contributed by atoms with Crippen molar-refractivity contribution in [3.8, 4) is 5.82 Å². The Bertz CT molecular complexity index is 928. The molecule has 0 fully saturated rings. The number of benzene rings is 1. The Morgan fingerprint density at radius 1 is 1.00 bits per heavy atom. The summed E-state index contributed by atoms with van der Waals surface area (Å²) in [5.74, 6) is 1.35. The van der Waals surface area contributed by atoms with E-state index in [1.165, 1.54) is 0 Å². The first-order valence-corrected chi connectivity index (χ1v) is 9.01. The summed E-state index contributed by atoms with van der Waals surface area (Å²) in [6.07, 6.45) is 1.36. The third-order valence-corrected chi connectivity index (χ3v) is 4.44. The van der Waals surface area contributed by atoms with E-state index in [1.54, 1.807) is 4.68 Å². The van der Waals surface area contributed by atoms with Crippen molar-refractivity contribution < 1.29 is 4.79 Å². The van der Waals surface area contributed by atoms with E-state index in [9.17, 15) is 4.79 Å². The molecule has 0 aliphatic carbocycles. The van der Waals surface area contributed by atoms with E-state index in [4.69, 9.17) is 0 Å². The molecule has 0 saturated carbocycles. The van der Waals surface area contributed by atoms with Gasteiger partial charge in [-0.2, -0.15) is 5.10 Å². The van der Waals surface area contributed by atoms with E-state index in [-0.39, 0.29) is 5.91 Å². The molecule has 2 heterocycles. The maximum Gasteiger partial charge on any atom is 0.224 e. The third-order valence-electron chi connectivity index (χ3n) is 4.44. The van der Waals surface area contributed by atoms with Crippen LogP contribution in [0.2, 0.25) is 0 Å². The largest absolute Gasteiger partial charge is 0.339 e. The minimum Gasteiger partial charge on any atom is -0.339 e. The molecule has 140 valence electrons. The SMILES string of the molecule is CCCC(=O)Nc1ccc(Nc2ccc(-n3nc(C)c(C)c3C)nn2)cc1. The van der Waals surface area contributed by atoms with E-state index in [0.29, 0.717) is 18.1 Å². The van der Waals surface area contributed by atoms with Crippen molar-refractivity contribution in [3.63, 3.8) is 0 Å². The van der Waals surface area contributed by atoms with Crippen LogP contribution >= 0.6 is 0 Å². The van der Waals surface area contributed by atoms with Gasteiger partial charge in [0.25, 0.3) is 0 Å². The topological polar surface area (TPSA) is 84.7 Å². The summed E-state index contributed by atoms with van der Waals surface area (Å²) in [6, 6.07) is 11.2. The maximum atomic E-state index is 11.6. The van der Waals surface area contributed by atoms with Gasteiger partial charge < -0.3 is 10.6 Å². The van der Waals surface area contributed by atoms with Gasteiger partial charge in [0.2, 0.25) is 5.91 Å². The number of carbonyl (C=O) groups is 1. The fraction of sp³-hybridized carbons (Fsp3) is 0.300. The molecule has 0 spiro atoms. The molecule has 7 heteroatoms. The van der Waals surface area contributed by atoms with Crippen molar-refractivity contribution in [1.82, 2.24) is 20.0 Å². The lowest BCUT2D eigenvalue weighted by Crippen LogP contribution is -2.10. The number of amides is 1. The van der Waals surface area contributed by atoms with Gasteiger partial charge in [-0.1, -0.05) is 6.92 Å². The fourth-order valence-corrected chi connectivity index (χ4v) is 2.68. The van der Waals surface area contributed by atoms with Crippen LogP contribution < -0.4 is 10.6 Å². The van der Waals surface area contributed by atoms with Crippen LogP contribution in [0.1, 0.15) is 36.7 Å². The molecule has 0 radical (unpaired) electrons. The minimum atomic E-state index is 0.0269. The number of rotatable bonds is 6. The number of aryl methyl sites for hydroxylation is 1. The predicted molar refractivity (Wildman–Crippen MR) is 107 cm³/mol. The second-order valence-corrected chi connectivity index (χ2v) is 6.48. The highest BCUT2D eigenvalue weighted by Gasteiger charge is 2.10. The third kappa shape index (κ3) is 4.31. The van der Waals surface area contributed by atoms with Crippen molar-refractivity contribution in [2.24, 2.45) is 0 Å². The van der Waals surface area contributed by atoms with Gasteiger partial charge in [-0.3, -0.25) is 4.79 Å². The first kappa shape index (κ1) is 18.6. The molecule has 2 aromatic heterocycles. The zero-order valence-electron chi connectivity index (χ0n) is 16.1. The highest BCUT2D eigenvalue weighted by molar-refractivity contribution is 5.90. The van der Waals surface area contributed by atoms with E-state index in [0.717, 1.165) is 34.7 Å². The van der Waals surface area contributed by atoms with Crippen LogP contribution in [-0.4, -0.2) is 25.9 Å². The number of carbonyl (C=O) groups excluding carboxylic acids is 1. The molecule has 2 N–H and O–H groups in total. The van der Waals surface area contributed by atoms with Crippen LogP contribution in [0.25, 0.3) is 5.82 Å². The average molecular weight is 364 g/mol. The van der Waals surface area contributed by atoms with Crippen LogP contribution in [-0.2, 0) is 4.79 Å². The number of hydrogen-bond acceptors (Lipinski definition) is 5. The minimum absolute atomic E-state index is 0.0269. The molecule has 0 atom stereocenters. The van der Waals surface area contributed by atoms with E-state index >= 15 is 0 Å². The Labute approximate surface area is 158 Å². The quantitative estimate of drug-likeness (QED) is 0.689. The average Bonchev–Trinajstić information content (AvgIpc) is 2.92. The van der Waals surface area contributed by atoms with Crippen LogP contribution in [0.15, 0.2) is 36.4 Å². The summed E-state index contributed by atoms with van der Waals surface area (Å²) in [6.45, 7) is 8.03. The second-order valence-electron chi connectivity index (χ2n) is 6.48. The first-order chi connectivity index (χ1) is 13.0. The Morgan fingerprint density at radius 2 is 1.70 bits per heavy atom. The summed E-state index contributed by atoms with van der Waals surface area (Å²) in [5, 5.41) is 19.1. The Morgan fingerprint density at radius 3 is 2.26 bits per heavy atom. The van der Waals surface area contributed by atoms with E-state index in [2.05, 4.69) is 25.9 Å². The monoisotopic (exact) mass is 364 g/mol. The molecule has 1 aromatic carbocycles. The van der Waals surface area contributed by atoms with Gasteiger partial charge in [0.15, 0.2) is 11.6 Å². The summed E-state index contributed by atoms with van der Waals surface area (Å²) < 4.78 is 1.80. The first-order valence-electron chi connectivity index (χ1n) is 9.01. The Balaban J connectivity index is 1.68. The maximum absolute atomic E-state index is 11.6. The van der Waals surface area contributed by atoms with E-state index in [1.807, 2.05) is 64.1 Å². The summed E-state index contributed by atoms with van der Waals surface area (Å²) >= 11 is 0. The second kappa shape index (κ2) is 7.99. The standard InChI is InChI=1S/C20H24N6O/c1-5-6-20(27)22-17-9-7-16(8-10-17)21-18-11-12-19(24-23-18)26-15(4)13(2)14(3)25-26/h7-12H,5-6H2,1-4H3,(H,21,23)(H,22,27). The zero-order valence-corrected chi connectivity index (χ0v) is 16.1. The summed E-state index contributed by atoms with van der Waals surface area (Å²) in [7, 11) is 0. The highest BCUT2D eigenvalue weighted by Crippen LogP contribution is 2.19. The van der Waals surface area contributed by atoms with Crippen molar-refractivity contribution in [1.29, 1.82) is 0 Å². The molecular formula is C20H24N6O. The lowest BCUT2D eigenvalue weighted by molar-refractivity contribution is -0.116. The molecule has 3 aromatic rings. The van der Waals surface area contributed by atoms with Gasteiger partial charge in [-0.15, -0.1) is 10.2 Å². The molecule has 27 heavy (non-hydrogen) atoms. The fourth-order valence-electron chi connectivity index (χ4n) is 2.68. The van der Waals surface area contributed by atoms with Crippen LogP contribution in [0.5, 0.6) is 0 Å². The number of aromatic nitrogens is 4. The Hall–Kier alpha value is -3.22. The molecule has 0 saturated heterocycles. The van der Waals surface area contributed by atoms with Crippen LogP contribution in [0.3, 0.4) is 0 Å². The van der Waals surface area contributed by atoms with Gasteiger partial charge in [0, 0.05) is 23.5 Å².